The highest BCUT2D eigenvalue weighted by Gasteiger charge is 2.41. The van der Waals surface area contributed by atoms with Crippen LogP contribution in [0.1, 0.15) is 34.3 Å². The number of carbonyl (C=O) groups excluding carboxylic acids is 4. The fraction of sp³-hybridized carbons (Fsp3) is 0.214. The third-order valence-corrected chi connectivity index (χ3v) is 6.97. The normalized spacial score (nSPS) is 16.2. The minimum Gasteiger partial charge on any atom is -0.495 e. The number of amides is 4. The summed E-state index contributed by atoms with van der Waals surface area (Å²) in [5.74, 6) is -5.90. The van der Waals surface area contributed by atoms with Crippen molar-refractivity contribution >= 4 is 41.1 Å². The van der Waals surface area contributed by atoms with Gasteiger partial charge in [-0.1, -0.05) is 23.7 Å². The minimum absolute atomic E-state index is 0.00162. The van der Waals surface area contributed by atoms with Crippen molar-refractivity contribution < 1.29 is 46.6 Å². The molecule has 2 aliphatic rings. The van der Waals surface area contributed by atoms with Crippen LogP contribution < -0.4 is 20.1 Å². The second-order valence-electron chi connectivity index (χ2n) is 9.34. The summed E-state index contributed by atoms with van der Waals surface area (Å²) in [7, 11) is 1.36. The average Bonchev–Trinajstić information content (AvgIpc) is 3.27. The van der Waals surface area contributed by atoms with Gasteiger partial charge in [0, 0.05) is 36.7 Å². The van der Waals surface area contributed by atoms with Gasteiger partial charge < -0.3 is 19.1 Å². The number of hydrogen-bond acceptors (Lipinski definition) is 7. The number of fused-ring (bicyclic) bond motifs is 1. The van der Waals surface area contributed by atoms with Gasteiger partial charge >= 0.3 is 6.09 Å². The Morgan fingerprint density at radius 2 is 1.81 bits per heavy atom. The lowest BCUT2D eigenvalue weighted by Gasteiger charge is -2.29. The molecule has 218 valence electrons. The molecule has 10 nitrogen and oxygen atoms in total. The summed E-state index contributed by atoms with van der Waals surface area (Å²) < 4.78 is 56.1. The zero-order chi connectivity index (χ0) is 30.1. The van der Waals surface area contributed by atoms with Crippen molar-refractivity contribution in [2.45, 2.75) is 32.0 Å². The average molecular weight is 604 g/mol. The van der Waals surface area contributed by atoms with Crippen LogP contribution in [0.5, 0.6) is 17.2 Å². The third kappa shape index (κ3) is 5.68. The van der Waals surface area contributed by atoms with Gasteiger partial charge in [0.1, 0.15) is 29.9 Å². The molecular formula is C28H21ClF3N3O7. The molecule has 1 atom stereocenters. The molecule has 5 rings (SSSR count). The van der Waals surface area contributed by atoms with Gasteiger partial charge in [-0.05, 0) is 24.1 Å². The number of halogens is 4. The van der Waals surface area contributed by atoms with Crippen molar-refractivity contribution in [3.8, 4) is 17.2 Å². The number of piperidine rings is 1. The lowest BCUT2D eigenvalue weighted by atomic mass is 10.0. The number of anilines is 1. The second kappa shape index (κ2) is 11.6. The molecule has 14 heteroatoms. The zero-order valence-electron chi connectivity index (χ0n) is 21.8. The Balaban J connectivity index is 1.23. The van der Waals surface area contributed by atoms with Crippen molar-refractivity contribution in [1.29, 1.82) is 0 Å². The third-order valence-electron chi connectivity index (χ3n) is 6.66. The predicted octanol–water partition coefficient (Wildman–Crippen LogP) is 5.07. The van der Waals surface area contributed by atoms with Gasteiger partial charge in [0.2, 0.25) is 11.8 Å². The molecule has 2 heterocycles. The van der Waals surface area contributed by atoms with E-state index in [1.807, 2.05) is 0 Å². The van der Waals surface area contributed by atoms with E-state index < -0.39 is 41.4 Å². The number of hydrogen-bond donors (Lipinski definition) is 2. The van der Waals surface area contributed by atoms with E-state index in [4.69, 9.17) is 25.8 Å². The van der Waals surface area contributed by atoms with E-state index in [2.05, 4.69) is 10.6 Å². The number of nitrogens with one attached hydrogen (secondary N) is 2. The van der Waals surface area contributed by atoms with Crippen LogP contribution in [-0.4, -0.2) is 41.9 Å². The maximum atomic E-state index is 13.4. The van der Waals surface area contributed by atoms with Crippen LogP contribution in [0.15, 0.2) is 42.5 Å². The van der Waals surface area contributed by atoms with E-state index in [9.17, 15) is 32.3 Å². The van der Waals surface area contributed by atoms with E-state index in [-0.39, 0.29) is 65.4 Å². The van der Waals surface area contributed by atoms with Crippen LogP contribution in [0.3, 0.4) is 0 Å². The Hall–Kier alpha value is -4.78. The number of benzene rings is 3. The molecule has 1 fully saturated rings. The lowest BCUT2D eigenvalue weighted by Crippen LogP contribution is -2.52. The molecule has 2 aliphatic heterocycles. The van der Waals surface area contributed by atoms with Gasteiger partial charge in [-0.25, -0.2) is 18.0 Å². The van der Waals surface area contributed by atoms with Crippen molar-refractivity contribution in [2.75, 3.05) is 12.4 Å². The maximum Gasteiger partial charge on any atom is 0.412 e. The molecule has 0 saturated carbocycles. The first kappa shape index (κ1) is 28.7. The van der Waals surface area contributed by atoms with Gasteiger partial charge in [-0.3, -0.25) is 25.0 Å². The molecule has 0 aromatic heterocycles. The molecule has 0 bridgehead atoms. The second-order valence-corrected chi connectivity index (χ2v) is 9.74. The first-order valence-electron chi connectivity index (χ1n) is 12.4. The first-order chi connectivity index (χ1) is 20.0. The Bertz CT molecular complexity index is 1610. The molecule has 2 N–H and O–H groups in total. The van der Waals surface area contributed by atoms with Crippen LogP contribution in [0.4, 0.5) is 23.7 Å². The van der Waals surface area contributed by atoms with Gasteiger partial charge in [-0.2, -0.15) is 0 Å². The number of carbonyl (C=O) groups is 4. The fourth-order valence-electron chi connectivity index (χ4n) is 4.69. The Morgan fingerprint density at radius 1 is 1.07 bits per heavy atom. The molecule has 1 unspecified atom stereocenters. The first-order valence-corrected chi connectivity index (χ1v) is 12.8. The Morgan fingerprint density at radius 3 is 2.48 bits per heavy atom. The largest absolute Gasteiger partial charge is 0.495 e. The van der Waals surface area contributed by atoms with Gasteiger partial charge in [0.25, 0.3) is 5.91 Å². The summed E-state index contributed by atoms with van der Waals surface area (Å²) in [5.41, 5.74) is 1.37. The molecule has 0 aliphatic carbocycles. The van der Waals surface area contributed by atoms with Crippen LogP contribution in [0.25, 0.3) is 0 Å². The molecule has 1 saturated heterocycles. The van der Waals surface area contributed by atoms with Crippen molar-refractivity contribution in [2.24, 2.45) is 0 Å². The Labute approximate surface area is 241 Å². The summed E-state index contributed by atoms with van der Waals surface area (Å²) in [5, 5.41) is 4.70. The highest BCUT2D eigenvalue weighted by molar-refractivity contribution is 6.33. The zero-order valence-corrected chi connectivity index (χ0v) is 22.5. The molecule has 42 heavy (non-hydrogen) atoms. The summed E-state index contributed by atoms with van der Waals surface area (Å²) in [6.07, 6.45) is -0.565. The van der Waals surface area contributed by atoms with Crippen LogP contribution >= 0.6 is 11.6 Å². The number of rotatable bonds is 7. The highest BCUT2D eigenvalue weighted by atomic mass is 35.5. The van der Waals surface area contributed by atoms with Gasteiger partial charge in [-0.15, -0.1) is 0 Å². The SMILES string of the molecule is COc1c(COC(=O)Nc2ccc(Oc3cc(F)c(F)c(F)c3)cc2Cl)ccc2c1C(=O)N(C1CCC(=O)NC1=O)C2. The highest BCUT2D eigenvalue weighted by Crippen LogP contribution is 2.37. The van der Waals surface area contributed by atoms with E-state index in [1.165, 1.54) is 30.2 Å². The van der Waals surface area contributed by atoms with Crippen molar-refractivity contribution in [3.05, 3.63) is 81.6 Å². The molecule has 4 amide bonds. The number of nitrogens with zero attached hydrogens (tertiary/aromatic N) is 1. The van der Waals surface area contributed by atoms with E-state index in [0.29, 0.717) is 23.3 Å². The van der Waals surface area contributed by atoms with E-state index in [1.54, 1.807) is 12.1 Å². The molecule has 3 aromatic carbocycles. The number of methoxy groups -OCH3 is 1. The van der Waals surface area contributed by atoms with Crippen LogP contribution in [0, 0.1) is 17.5 Å². The van der Waals surface area contributed by atoms with E-state index in [0.717, 1.165) is 0 Å². The van der Waals surface area contributed by atoms with Gasteiger partial charge in [0.15, 0.2) is 17.5 Å². The topological polar surface area (TPSA) is 123 Å². The van der Waals surface area contributed by atoms with Crippen LogP contribution in [-0.2, 0) is 27.5 Å². The van der Waals surface area contributed by atoms with Crippen molar-refractivity contribution in [3.63, 3.8) is 0 Å². The quantitative estimate of drug-likeness (QED) is 0.286. The molecule has 0 radical (unpaired) electrons. The predicted molar refractivity (Wildman–Crippen MR) is 141 cm³/mol. The summed E-state index contributed by atoms with van der Waals surface area (Å²) in [6, 6.07) is 7.82. The summed E-state index contributed by atoms with van der Waals surface area (Å²) in [4.78, 5) is 51.0. The molecular weight excluding hydrogens is 583 g/mol. The Kier molecular flexibility index (Phi) is 7.94. The van der Waals surface area contributed by atoms with Crippen molar-refractivity contribution in [1.82, 2.24) is 10.2 Å². The molecule has 3 aromatic rings. The fourth-order valence-corrected chi connectivity index (χ4v) is 4.90. The minimum atomic E-state index is -1.63. The number of imide groups is 1. The molecule has 0 spiro atoms. The number of ether oxygens (including phenoxy) is 3. The van der Waals surface area contributed by atoms with E-state index >= 15 is 0 Å². The lowest BCUT2D eigenvalue weighted by molar-refractivity contribution is -0.136. The smallest absolute Gasteiger partial charge is 0.412 e. The maximum absolute atomic E-state index is 13.4. The van der Waals surface area contributed by atoms with Crippen LogP contribution in [0.2, 0.25) is 5.02 Å². The monoisotopic (exact) mass is 603 g/mol. The van der Waals surface area contributed by atoms with Gasteiger partial charge in [0.05, 0.1) is 23.4 Å². The summed E-state index contributed by atoms with van der Waals surface area (Å²) in [6.45, 7) is -0.129. The summed E-state index contributed by atoms with van der Waals surface area (Å²) >= 11 is 6.20. The standard InChI is InChI=1S/C28H21ClF3N3O7/c1-40-25-14(3-2-13-11-35(27(38)23(13)25)21-6-7-22(36)34-26(21)37)12-41-28(39)33-20-5-4-15(8-17(20)29)42-16-9-18(30)24(32)19(31)10-16/h2-5,8-10,21H,6-7,11-12H2,1H3,(H,33,39)(H,34,36,37).